The monoisotopic (exact) mass is 411 g/mol. The second-order valence-corrected chi connectivity index (χ2v) is 9.39. The van der Waals surface area contributed by atoms with Crippen molar-refractivity contribution in [2.24, 2.45) is 5.92 Å². The highest BCUT2D eigenvalue weighted by atomic mass is 32.2. The molecule has 0 bridgehead atoms. The number of piperidine rings is 1. The van der Waals surface area contributed by atoms with E-state index in [0.717, 1.165) is 11.1 Å². The molecule has 1 fully saturated rings. The van der Waals surface area contributed by atoms with E-state index < -0.39 is 10.0 Å². The zero-order valence-corrected chi connectivity index (χ0v) is 17.3. The molecule has 0 aliphatic carbocycles. The van der Waals surface area contributed by atoms with Gasteiger partial charge in [-0.05, 0) is 36.1 Å². The van der Waals surface area contributed by atoms with E-state index in [1.807, 2.05) is 42.5 Å². The Labute approximate surface area is 172 Å². The van der Waals surface area contributed by atoms with Crippen LogP contribution in [0.15, 0.2) is 54.6 Å². The highest BCUT2D eigenvalue weighted by molar-refractivity contribution is 7.88. The first-order valence-corrected chi connectivity index (χ1v) is 11.3. The lowest BCUT2D eigenvalue weighted by Gasteiger charge is -2.32. The van der Waals surface area contributed by atoms with E-state index in [0.29, 0.717) is 38.0 Å². The van der Waals surface area contributed by atoms with E-state index in [1.54, 1.807) is 24.1 Å². The number of carbonyl (C=O) groups excluding carboxylic acids is 1. The molecule has 1 aliphatic heterocycles. The number of carbonyl (C=O) groups is 1. The topological polar surface area (TPSA) is 81.5 Å². The van der Waals surface area contributed by atoms with E-state index in [-0.39, 0.29) is 17.6 Å². The van der Waals surface area contributed by atoms with E-state index in [4.69, 9.17) is 5.26 Å². The first kappa shape index (κ1) is 21.0. The van der Waals surface area contributed by atoms with Crippen LogP contribution in [-0.4, -0.2) is 43.7 Å². The van der Waals surface area contributed by atoms with Crippen LogP contribution in [-0.2, 0) is 27.1 Å². The van der Waals surface area contributed by atoms with Crippen LogP contribution in [0, 0.1) is 17.2 Å². The minimum absolute atomic E-state index is 0.0123. The predicted octanol–water partition coefficient (Wildman–Crippen LogP) is 2.76. The summed E-state index contributed by atoms with van der Waals surface area (Å²) in [5.41, 5.74) is 2.24. The lowest BCUT2D eigenvalue weighted by Crippen LogP contribution is -2.43. The molecule has 1 saturated heterocycles. The average molecular weight is 412 g/mol. The Balaban J connectivity index is 1.55. The molecule has 1 aliphatic rings. The number of sulfonamides is 1. The number of amides is 1. The van der Waals surface area contributed by atoms with E-state index in [9.17, 15) is 13.2 Å². The highest BCUT2D eigenvalue weighted by Crippen LogP contribution is 2.23. The third-order valence-corrected chi connectivity index (χ3v) is 7.09. The Morgan fingerprint density at radius 2 is 1.76 bits per heavy atom. The molecule has 0 saturated carbocycles. The molecule has 3 rings (SSSR count). The Hall–Kier alpha value is -2.69. The standard InChI is InChI=1S/C22H25N3O3S/c1-24(16-20-9-5-8-19(14-20)15-23)22(26)21-10-12-25(13-11-21)29(27,28)17-18-6-3-2-4-7-18/h2-9,14,21H,10-13,16-17H2,1H3. The number of rotatable bonds is 6. The van der Waals surface area contributed by atoms with Crippen molar-refractivity contribution in [3.63, 3.8) is 0 Å². The van der Waals surface area contributed by atoms with Crippen molar-refractivity contribution in [2.75, 3.05) is 20.1 Å². The van der Waals surface area contributed by atoms with Gasteiger partial charge in [0.1, 0.15) is 0 Å². The van der Waals surface area contributed by atoms with Crippen molar-refractivity contribution in [3.8, 4) is 6.07 Å². The van der Waals surface area contributed by atoms with Crippen LogP contribution in [0.25, 0.3) is 0 Å². The quantitative estimate of drug-likeness (QED) is 0.732. The Bertz CT molecular complexity index is 991. The molecule has 0 radical (unpaired) electrons. The van der Waals surface area contributed by atoms with Gasteiger partial charge in [-0.15, -0.1) is 0 Å². The van der Waals surface area contributed by atoms with Crippen LogP contribution in [0.5, 0.6) is 0 Å². The normalized spacial score (nSPS) is 15.6. The van der Waals surface area contributed by atoms with Crippen LogP contribution in [0.1, 0.15) is 29.5 Å². The van der Waals surface area contributed by atoms with Crippen molar-refractivity contribution in [1.29, 1.82) is 5.26 Å². The summed E-state index contributed by atoms with van der Waals surface area (Å²) in [4.78, 5) is 14.5. The maximum Gasteiger partial charge on any atom is 0.225 e. The molecule has 1 heterocycles. The van der Waals surface area contributed by atoms with Crippen LogP contribution < -0.4 is 0 Å². The average Bonchev–Trinajstić information content (AvgIpc) is 2.74. The lowest BCUT2D eigenvalue weighted by atomic mass is 9.96. The molecular formula is C22H25N3O3S. The van der Waals surface area contributed by atoms with Gasteiger partial charge < -0.3 is 4.90 Å². The summed E-state index contributed by atoms with van der Waals surface area (Å²) >= 11 is 0. The molecule has 6 nitrogen and oxygen atoms in total. The van der Waals surface area contributed by atoms with Gasteiger partial charge in [0.15, 0.2) is 0 Å². The first-order valence-electron chi connectivity index (χ1n) is 9.65. The largest absolute Gasteiger partial charge is 0.341 e. The van der Waals surface area contributed by atoms with E-state index >= 15 is 0 Å². The van der Waals surface area contributed by atoms with Gasteiger partial charge in [-0.3, -0.25) is 4.79 Å². The van der Waals surface area contributed by atoms with Crippen LogP contribution in [0.3, 0.4) is 0 Å². The molecule has 29 heavy (non-hydrogen) atoms. The minimum Gasteiger partial charge on any atom is -0.341 e. The molecular weight excluding hydrogens is 386 g/mol. The molecule has 1 amide bonds. The van der Waals surface area contributed by atoms with Gasteiger partial charge in [-0.1, -0.05) is 42.5 Å². The molecule has 7 heteroatoms. The Kier molecular flexibility index (Phi) is 6.68. The van der Waals surface area contributed by atoms with E-state index in [2.05, 4.69) is 6.07 Å². The summed E-state index contributed by atoms with van der Waals surface area (Å²) in [6, 6.07) is 18.5. The summed E-state index contributed by atoms with van der Waals surface area (Å²) in [7, 11) is -1.63. The SMILES string of the molecule is CN(Cc1cccc(C#N)c1)C(=O)C1CCN(S(=O)(=O)Cc2ccccc2)CC1. The molecule has 2 aromatic carbocycles. The minimum atomic E-state index is -3.38. The van der Waals surface area contributed by atoms with Crippen LogP contribution in [0.4, 0.5) is 0 Å². The maximum absolute atomic E-state index is 12.8. The molecule has 0 unspecified atom stereocenters. The van der Waals surface area contributed by atoms with Gasteiger partial charge in [0.2, 0.25) is 15.9 Å². The van der Waals surface area contributed by atoms with Crippen LogP contribution in [0.2, 0.25) is 0 Å². The second-order valence-electron chi connectivity index (χ2n) is 7.42. The highest BCUT2D eigenvalue weighted by Gasteiger charge is 2.32. The van der Waals surface area contributed by atoms with E-state index in [1.165, 1.54) is 4.31 Å². The number of benzene rings is 2. The second kappa shape index (κ2) is 9.21. The zero-order chi connectivity index (χ0) is 20.9. The summed E-state index contributed by atoms with van der Waals surface area (Å²) in [6.45, 7) is 1.16. The lowest BCUT2D eigenvalue weighted by molar-refractivity contribution is -0.135. The van der Waals surface area contributed by atoms with Crippen molar-refractivity contribution in [3.05, 3.63) is 71.3 Å². The molecule has 0 aromatic heterocycles. The fourth-order valence-electron chi connectivity index (χ4n) is 3.66. The number of hydrogen-bond acceptors (Lipinski definition) is 4. The molecule has 2 aromatic rings. The molecule has 0 atom stereocenters. The van der Waals surface area contributed by atoms with Crippen molar-refractivity contribution >= 4 is 15.9 Å². The fourth-order valence-corrected chi connectivity index (χ4v) is 5.22. The first-order chi connectivity index (χ1) is 13.9. The van der Waals surface area contributed by atoms with Gasteiger partial charge in [-0.2, -0.15) is 5.26 Å². The number of nitrogens with zero attached hydrogens (tertiary/aromatic N) is 3. The Morgan fingerprint density at radius 1 is 1.10 bits per heavy atom. The smallest absolute Gasteiger partial charge is 0.225 e. The number of nitriles is 1. The molecule has 0 N–H and O–H groups in total. The summed E-state index contributed by atoms with van der Waals surface area (Å²) in [6.07, 6.45) is 1.05. The van der Waals surface area contributed by atoms with Gasteiger partial charge in [0.05, 0.1) is 17.4 Å². The van der Waals surface area contributed by atoms with Crippen LogP contribution >= 0.6 is 0 Å². The summed E-state index contributed by atoms with van der Waals surface area (Å²) in [5.74, 6) is -0.170. The third-order valence-electron chi connectivity index (χ3n) is 5.24. The summed E-state index contributed by atoms with van der Waals surface area (Å²) < 4.78 is 26.8. The van der Waals surface area contributed by atoms with Crippen molar-refractivity contribution in [2.45, 2.75) is 25.1 Å². The van der Waals surface area contributed by atoms with Gasteiger partial charge in [0, 0.05) is 32.6 Å². The van der Waals surface area contributed by atoms with Crippen molar-refractivity contribution < 1.29 is 13.2 Å². The zero-order valence-electron chi connectivity index (χ0n) is 16.5. The Morgan fingerprint density at radius 3 is 2.41 bits per heavy atom. The summed E-state index contributed by atoms with van der Waals surface area (Å²) in [5, 5.41) is 9.01. The molecule has 0 spiro atoms. The predicted molar refractivity (Wildman–Crippen MR) is 111 cm³/mol. The van der Waals surface area contributed by atoms with Crippen molar-refractivity contribution in [1.82, 2.24) is 9.21 Å². The van der Waals surface area contributed by atoms with Gasteiger partial charge in [0.25, 0.3) is 0 Å². The third kappa shape index (κ3) is 5.43. The fraction of sp³-hybridized carbons (Fsp3) is 0.364. The molecule has 152 valence electrons. The maximum atomic E-state index is 12.8. The van der Waals surface area contributed by atoms with Gasteiger partial charge >= 0.3 is 0 Å². The van der Waals surface area contributed by atoms with Gasteiger partial charge in [-0.25, -0.2) is 12.7 Å². The number of hydrogen-bond donors (Lipinski definition) is 0.